The lowest BCUT2D eigenvalue weighted by Crippen LogP contribution is -2.36. The van der Waals surface area contributed by atoms with E-state index in [0.29, 0.717) is 17.8 Å². The number of rotatable bonds is 6. The molecule has 27 heavy (non-hydrogen) atoms. The van der Waals surface area contributed by atoms with Crippen LogP contribution in [-0.4, -0.2) is 63.7 Å². The maximum absolute atomic E-state index is 10.9. The molecule has 0 radical (unpaired) electrons. The van der Waals surface area contributed by atoms with Gasteiger partial charge < -0.3 is 9.63 Å². The molecule has 0 spiro atoms. The van der Waals surface area contributed by atoms with E-state index < -0.39 is 5.97 Å². The maximum atomic E-state index is 10.9. The standard InChI is InChI=1S/C19H26N4O3.ClH/c1-14(19-20-18(21-26-19)15-7-4-3-5-8-15)23-11-6-9-16(10-12-23)22(2)13-17(24)25;/h3-5,7-8,14,16H,6,9-13H2,1-2H3,(H,24,25);1H. The first kappa shape index (κ1) is 21.3. The van der Waals surface area contributed by atoms with Gasteiger partial charge in [0.15, 0.2) is 0 Å². The van der Waals surface area contributed by atoms with Crippen LogP contribution < -0.4 is 0 Å². The average Bonchev–Trinajstić information content (AvgIpc) is 2.99. The highest BCUT2D eigenvalue weighted by atomic mass is 35.5. The SMILES string of the molecule is CC(c1nc(-c2ccccc2)no1)N1CCCC(N(C)CC(=O)O)CC1.Cl. The van der Waals surface area contributed by atoms with Crippen molar-refractivity contribution in [2.75, 3.05) is 26.7 Å². The van der Waals surface area contributed by atoms with E-state index >= 15 is 0 Å². The molecule has 1 aliphatic rings. The highest BCUT2D eigenvalue weighted by Crippen LogP contribution is 2.26. The van der Waals surface area contributed by atoms with E-state index in [9.17, 15) is 4.79 Å². The number of carboxylic acids is 1. The summed E-state index contributed by atoms with van der Waals surface area (Å²) in [6.45, 7) is 4.01. The smallest absolute Gasteiger partial charge is 0.317 e. The van der Waals surface area contributed by atoms with Gasteiger partial charge in [-0.05, 0) is 39.8 Å². The lowest BCUT2D eigenvalue weighted by molar-refractivity contribution is -0.138. The summed E-state index contributed by atoms with van der Waals surface area (Å²) in [5.74, 6) is 0.462. The predicted molar refractivity (Wildman–Crippen MR) is 105 cm³/mol. The Labute approximate surface area is 165 Å². The molecule has 3 rings (SSSR count). The summed E-state index contributed by atoms with van der Waals surface area (Å²) >= 11 is 0. The molecule has 2 aromatic rings. The van der Waals surface area contributed by atoms with Crippen LogP contribution in [0.1, 0.15) is 38.1 Å². The first-order valence-corrected chi connectivity index (χ1v) is 9.09. The number of halogens is 1. The number of aliphatic carboxylic acids is 1. The predicted octanol–water partition coefficient (Wildman–Crippen LogP) is 3.09. The topological polar surface area (TPSA) is 82.7 Å². The van der Waals surface area contributed by atoms with E-state index in [-0.39, 0.29) is 25.0 Å². The molecule has 0 aliphatic carbocycles. The summed E-state index contributed by atoms with van der Waals surface area (Å²) < 4.78 is 5.51. The number of aromatic nitrogens is 2. The monoisotopic (exact) mass is 394 g/mol. The van der Waals surface area contributed by atoms with E-state index in [0.717, 1.165) is 37.9 Å². The Morgan fingerprint density at radius 2 is 2.07 bits per heavy atom. The number of hydrogen-bond donors (Lipinski definition) is 1. The third kappa shape index (κ3) is 5.51. The second kappa shape index (κ2) is 9.82. The highest BCUT2D eigenvalue weighted by Gasteiger charge is 2.27. The van der Waals surface area contributed by atoms with E-state index in [1.165, 1.54) is 0 Å². The number of likely N-dealkylation sites (tertiary alicyclic amines) is 1. The summed E-state index contributed by atoms with van der Waals surface area (Å²) in [5, 5.41) is 13.1. The highest BCUT2D eigenvalue weighted by molar-refractivity contribution is 5.85. The third-order valence-electron chi connectivity index (χ3n) is 5.12. The van der Waals surface area contributed by atoms with Crippen LogP contribution in [0.2, 0.25) is 0 Å². The van der Waals surface area contributed by atoms with Gasteiger partial charge in [-0.1, -0.05) is 35.5 Å². The zero-order chi connectivity index (χ0) is 18.5. The molecule has 2 atom stereocenters. The maximum Gasteiger partial charge on any atom is 0.317 e. The van der Waals surface area contributed by atoms with Crippen LogP contribution in [0.5, 0.6) is 0 Å². The molecule has 0 amide bonds. The van der Waals surface area contributed by atoms with Crippen molar-refractivity contribution in [3.63, 3.8) is 0 Å². The van der Waals surface area contributed by atoms with Crippen LogP contribution >= 0.6 is 12.4 Å². The number of carbonyl (C=O) groups is 1. The zero-order valence-corrected chi connectivity index (χ0v) is 16.6. The number of benzene rings is 1. The molecule has 7 nitrogen and oxygen atoms in total. The van der Waals surface area contributed by atoms with Gasteiger partial charge in [0.25, 0.3) is 0 Å². The molecule has 1 aliphatic heterocycles. The van der Waals surface area contributed by atoms with E-state index in [2.05, 4.69) is 22.0 Å². The van der Waals surface area contributed by atoms with Crippen molar-refractivity contribution in [2.24, 2.45) is 0 Å². The van der Waals surface area contributed by atoms with Crippen molar-refractivity contribution in [1.29, 1.82) is 0 Å². The lowest BCUT2D eigenvalue weighted by Gasteiger charge is -2.27. The summed E-state index contributed by atoms with van der Waals surface area (Å²) in [4.78, 5) is 19.8. The van der Waals surface area contributed by atoms with Gasteiger partial charge in [-0.25, -0.2) is 0 Å². The Morgan fingerprint density at radius 1 is 1.33 bits per heavy atom. The Kier molecular flexibility index (Phi) is 7.77. The van der Waals surface area contributed by atoms with Crippen molar-refractivity contribution >= 4 is 18.4 Å². The third-order valence-corrected chi connectivity index (χ3v) is 5.12. The summed E-state index contributed by atoms with van der Waals surface area (Å²) in [7, 11) is 1.89. The molecule has 1 N–H and O–H groups in total. The Morgan fingerprint density at radius 3 is 2.78 bits per heavy atom. The van der Waals surface area contributed by atoms with E-state index in [4.69, 9.17) is 9.63 Å². The molecule has 1 aromatic carbocycles. The van der Waals surface area contributed by atoms with E-state index in [1.54, 1.807) is 0 Å². The van der Waals surface area contributed by atoms with Crippen LogP contribution in [0.15, 0.2) is 34.9 Å². The minimum Gasteiger partial charge on any atom is -0.480 e. The number of hydrogen-bond acceptors (Lipinski definition) is 6. The van der Waals surface area contributed by atoms with Gasteiger partial charge in [-0.3, -0.25) is 14.6 Å². The lowest BCUT2D eigenvalue weighted by atomic mass is 10.1. The van der Waals surface area contributed by atoms with E-state index in [1.807, 2.05) is 42.3 Å². The number of carboxylic acid groups (broad SMARTS) is 1. The first-order chi connectivity index (χ1) is 12.5. The van der Waals surface area contributed by atoms with Crippen molar-refractivity contribution in [1.82, 2.24) is 19.9 Å². The molecule has 1 aromatic heterocycles. The quantitative estimate of drug-likeness (QED) is 0.805. The second-order valence-corrected chi connectivity index (χ2v) is 6.93. The molecule has 1 fully saturated rings. The Hall–Kier alpha value is -1.96. The molecule has 2 unspecified atom stereocenters. The molecule has 0 bridgehead atoms. The number of nitrogens with zero attached hydrogens (tertiary/aromatic N) is 4. The van der Waals surface area contributed by atoms with Crippen LogP contribution in [0, 0.1) is 0 Å². The molecular formula is C19H27ClN4O3. The average molecular weight is 395 g/mol. The molecule has 148 valence electrons. The molecule has 1 saturated heterocycles. The van der Waals surface area contributed by atoms with Gasteiger partial charge in [0, 0.05) is 18.2 Å². The minimum absolute atomic E-state index is 0. The van der Waals surface area contributed by atoms with Crippen LogP contribution in [0.4, 0.5) is 0 Å². The summed E-state index contributed by atoms with van der Waals surface area (Å²) in [6, 6.07) is 10.1. The first-order valence-electron chi connectivity index (χ1n) is 9.09. The summed E-state index contributed by atoms with van der Waals surface area (Å²) in [5.41, 5.74) is 0.945. The largest absolute Gasteiger partial charge is 0.480 e. The number of likely N-dealkylation sites (N-methyl/N-ethyl adjacent to an activating group) is 1. The minimum atomic E-state index is -0.777. The van der Waals surface area contributed by atoms with Crippen LogP contribution in [-0.2, 0) is 4.79 Å². The van der Waals surface area contributed by atoms with Gasteiger partial charge in [0.05, 0.1) is 12.6 Å². The fourth-order valence-corrected chi connectivity index (χ4v) is 3.54. The van der Waals surface area contributed by atoms with Gasteiger partial charge in [-0.15, -0.1) is 12.4 Å². The molecule has 8 heteroatoms. The molecule has 2 heterocycles. The Balaban J connectivity index is 0.00000261. The molecule has 0 saturated carbocycles. The second-order valence-electron chi connectivity index (χ2n) is 6.93. The fraction of sp³-hybridized carbons (Fsp3) is 0.526. The van der Waals surface area contributed by atoms with Crippen molar-refractivity contribution in [3.8, 4) is 11.4 Å². The van der Waals surface area contributed by atoms with Gasteiger partial charge >= 0.3 is 5.97 Å². The molecular weight excluding hydrogens is 368 g/mol. The zero-order valence-electron chi connectivity index (χ0n) is 15.7. The summed E-state index contributed by atoms with van der Waals surface area (Å²) in [6.07, 6.45) is 2.97. The van der Waals surface area contributed by atoms with Gasteiger partial charge in [-0.2, -0.15) is 4.98 Å². The van der Waals surface area contributed by atoms with Gasteiger partial charge in [0.2, 0.25) is 11.7 Å². The van der Waals surface area contributed by atoms with Gasteiger partial charge in [0.1, 0.15) is 0 Å². The fourth-order valence-electron chi connectivity index (χ4n) is 3.54. The van der Waals surface area contributed by atoms with Crippen molar-refractivity contribution < 1.29 is 14.4 Å². The van der Waals surface area contributed by atoms with Crippen molar-refractivity contribution in [2.45, 2.75) is 38.3 Å². The van der Waals surface area contributed by atoms with Crippen molar-refractivity contribution in [3.05, 3.63) is 36.2 Å². The van der Waals surface area contributed by atoms with Crippen LogP contribution in [0.25, 0.3) is 11.4 Å². The normalized spacial score (nSPS) is 19.3. The Bertz CT molecular complexity index is 725. The van der Waals surface area contributed by atoms with Crippen LogP contribution in [0.3, 0.4) is 0 Å².